The van der Waals surface area contributed by atoms with Crippen LogP contribution in [0, 0.1) is 6.92 Å². The van der Waals surface area contributed by atoms with E-state index in [0.717, 1.165) is 0 Å². The van der Waals surface area contributed by atoms with Gasteiger partial charge in [-0.05, 0) is 6.92 Å². The van der Waals surface area contributed by atoms with Crippen molar-refractivity contribution < 1.29 is 19.5 Å². The minimum absolute atomic E-state index is 0.527. The first-order chi connectivity index (χ1) is 7.49. The molecule has 8 nitrogen and oxygen atoms in total. The average molecular weight is 228 g/mol. The maximum Gasteiger partial charge on any atom is 0.343 e. The number of nitrogens with zero attached hydrogens (tertiary/aromatic N) is 2. The average Bonchev–Trinajstić information content (AvgIpc) is 2.44. The van der Waals surface area contributed by atoms with E-state index in [0.29, 0.717) is 11.4 Å². The smallest absolute Gasteiger partial charge is 0.343 e. The zero-order valence-electron chi connectivity index (χ0n) is 8.85. The molecule has 88 valence electrons. The molecule has 0 atom stereocenters. The predicted octanol–water partition coefficient (Wildman–Crippen LogP) is -0.134. The van der Waals surface area contributed by atoms with Gasteiger partial charge in [0.1, 0.15) is 0 Å². The third-order valence-corrected chi connectivity index (χ3v) is 1.62. The second-order valence-corrected chi connectivity index (χ2v) is 3.04. The molecular weight excluding hydrogens is 216 g/mol. The van der Waals surface area contributed by atoms with Gasteiger partial charge in [0.2, 0.25) is 0 Å². The summed E-state index contributed by atoms with van der Waals surface area (Å²) < 4.78 is 1.54. The van der Waals surface area contributed by atoms with Crippen molar-refractivity contribution in [3.05, 3.63) is 11.9 Å². The molecule has 0 spiro atoms. The Morgan fingerprint density at radius 1 is 1.62 bits per heavy atom. The second kappa shape index (κ2) is 5.12. The highest BCUT2D eigenvalue weighted by atomic mass is 16.7. The topological polar surface area (TPSA) is 105 Å². The summed E-state index contributed by atoms with van der Waals surface area (Å²) in [6.45, 7) is 1.13. The van der Waals surface area contributed by atoms with Gasteiger partial charge in [-0.3, -0.25) is 9.52 Å². The normalized spacial score (nSPS) is 9.88. The Labute approximate surface area is 91.1 Å². The van der Waals surface area contributed by atoms with E-state index in [9.17, 15) is 9.59 Å². The van der Waals surface area contributed by atoms with Crippen LogP contribution in [-0.2, 0) is 16.7 Å². The van der Waals surface area contributed by atoms with Crippen LogP contribution in [0.15, 0.2) is 6.20 Å². The molecule has 0 saturated carbocycles. The summed E-state index contributed by atoms with van der Waals surface area (Å²) in [6, 6.07) is -0.655. The number of amides is 2. The monoisotopic (exact) mass is 228 g/mol. The number of hydrogen-bond donors (Lipinski definition) is 3. The van der Waals surface area contributed by atoms with Gasteiger partial charge < -0.3 is 10.4 Å². The molecule has 0 radical (unpaired) electrons. The zero-order valence-corrected chi connectivity index (χ0v) is 8.85. The van der Waals surface area contributed by atoms with Gasteiger partial charge in [-0.25, -0.2) is 15.1 Å². The molecule has 1 aromatic rings. The van der Waals surface area contributed by atoms with E-state index < -0.39 is 18.6 Å². The van der Waals surface area contributed by atoms with Crippen molar-refractivity contribution in [2.24, 2.45) is 7.05 Å². The van der Waals surface area contributed by atoms with Crippen LogP contribution in [0.2, 0.25) is 0 Å². The van der Waals surface area contributed by atoms with Crippen molar-refractivity contribution >= 4 is 17.7 Å². The lowest BCUT2D eigenvalue weighted by Crippen LogP contribution is -2.30. The number of aryl methyl sites for hydroxylation is 2. The summed E-state index contributed by atoms with van der Waals surface area (Å²) in [4.78, 5) is 25.7. The first-order valence-corrected chi connectivity index (χ1v) is 4.40. The molecule has 0 unspecified atom stereocenters. The second-order valence-electron chi connectivity index (χ2n) is 3.04. The molecule has 3 N–H and O–H groups in total. The Balaban J connectivity index is 2.40. The van der Waals surface area contributed by atoms with Gasteiger partial charge in [0.05, 0.1) is 11.4 Å². The highest BCUT2D eigenvalue weighted by Gasteiger charge is 2.07. The summed E-state index contributed by atoms with van der Waals surface area (Å²) in [5.41, 5.74) is 3.11. The molecule has 0 aliphatic carbocycles. The molecule has 8 heteroatoms. The summed E-state index contributed by atoms with van der Waals surface area (Å²) in [5.74, 6) is -1.17. The Hall–Kier alpha value is -2.09. The summed E-state index contributed by atoms with van der Waals surface area (Å²) in [7, 11) is 1.72. The van der Waals surface area contributed by atoms with Crippen LogP contribution in [0.1, 0.15) is 5.69 Å². The number of carbonyl (C=O) groups is 2. The van der Waals surface area contributed by atoms with Crippen molar-refractivity contribution in [2.75, 3.05) is 11.9 Å². The molecule has 0 aliphatic heterocycles. The quantitative estimate of drug-likeness (QED) is 0.622. The standard InChI is InChI=1S/C8H12N4O4/c1-5-6(3-12(2)10-5)9-8(15)11-16-4-7(13)14/h3H,4H2,1-2H3,(H,13,14)(H2,9,11,15). The van der Waals surface area contributed by atoms with Crippen molar-refractivity contribution in [2.45, 2.75) is 6.92 Å². The van der Waals surface area contributed by atoms with E-state index in [1.165, 1.54) is 0 Å². The fraction of sp³-hybridized carbons (Fsp3) is 0.375. The fourth-order valence-electron chi connectivity index (χ4n) is 1.03. The van der Waals surface area contributed by atoms with E-state index in [4.69, 9.17) is 5.11 Å². The Kier molecular flexibility index (Phi) is 3.84. The third kappa shape index (κ3) is 3.58. The van der Waals surface area contributed by atoms with Crippen LogP contribution in [0.3, 0.4) is 0 Å². The third-order valence-electron chi connectivity index (χ3n) is 1.62. The molecule has 1 rings (SSSR count). The van der Waals surface area contributed by atoms with Gasteiger partial charge in [-0.1, -0.05) is 0 Å². The van der Waals surface area contributed by atoms with Crippen molar-refractivity contribution in [3.63, 3.8) is 0 Å². The lowest BCUT2D eigenvalue weighted by Gasteiger charge is -2.04. The first-order valence-electron chi connectivity index (χ1n) is 4.40. The van der Waals surface area contributed by atoms with Crippen LogP contribution in [0.25, 0.3) is 0 Å². The van der Waals surface area contributed by atoms with Gasteiger partial charge in [0.15, 0.2) is 6.61 Å². The molecule has 0 aliphatic rings. The number of carboxylic acid groups (broad SMARTS) is 1. The predicted molar refractivity (Wildman–Crippen MR) is 53.7 cm³/mol. The number of nitrogens with one attached hydrogen (secondary N) is 2. The number of aliphatic carboxylic acids is 1. The first kappa shape index (κ1) is 12.0. The molecule has 2 amide bonds. The van der Waals surface area contributed by atoms with Gasteiger partial charge in [0.25, 0.3) is 0 Å². The van der Waals surface area contributed by atoms with E-state index in [1.807, 2.05) is 5.48 Å². The lowest BCUT2D eigenvalue weighted by molar-refractivity contribution is -0.143. The number of aromatic nitrogens is 2. The van der Waals surface area contributed by atoms with Gasteiger partial charge in [-0.15, -0.1) is 0 Å². The number of carboxylic acids is 1. The van der Waals surface area contributed by atoms with E-state index in [1.54, 1.807) is 24.9 Å². The van der Waals surface area contributed by atoms with Crippen LogP contribution >= 0.6 is 0 Å². The van der Waals surface area contributed by atoms with Gasteiger partial charge >= 0.3 is 12.0 Å². The summed E-state index contributed by atoms with van der Waals surface area (Å²) in [5, 5.41) is 14.7. The van der Waals surface area contributed by atoms with Crippen LogP contribution in [0.4, 0.5) is 10.5 Å². The maximum absolute atomic E-state index is 11.2. The molecule has 1 heterocycles. The molecular formula is C8H12N4O4. The van der Waals surface area contributed by atoms with Crippen LogP contribution in [0.5, 0.6) is 0 Å². The SMILES string of the molecule is Cc1nn(C)cc1NC(=O)NOCC(=O)O. The molecule has 1 aromatic heterocycles. The highest BCUT2D eigenvalue weighted by Crippen LogP contribution is 2.10. The van der Waals surface area contributed by atoms with Crippen molar-refractivity contribution in [3.8, 4) is 0 Å². The zero-order chi connectivity index (χ0) is 12.1. The van der Waals surface area contributed by atoms with Crippen LogP contribution < -0.4 is 10.8 Å². The van der Waals surface area contributed by atoms with Gasteiger partial charge in [0, 0.05) is 13.2 Å². The summed E-state index contributed by atoms with van der Waals surface area (Å²) in [6.07, 6.45) is 1.62. The van der Waals surface area contributed by atoms with E-state index >= 15 is 0 Å². The molecule has 16 heavy (non-hydrogen) atoms. The Bertz CT molecular complexity index is 401. The summed E-state index contributed by atoms with van der Waals surface area (Å²) >= 11 is 0. The number of carbonyl (C=O) groups excluding carboxylic acids is 1. The molecule has 0 bridgehead atoms. The number of rotatable bonds is 4. The number of hydroxylamine groups is 1. The number of urea groups is 1. The molecule has 0 fully saturated rings. The van der Waals surface area contributed by atoms with Crippen molar-refractivity contribution in [1.29, 1.82) is 0 Å². The fourth-order valence-corrected chi connectivity index (χ4v) is 1.03. The Morgan fingerprint density at radius 2 is 2.31 bits per heavy atom. The van der Waals surface area contributed by atoms with Crippen molar-refractivity contribution in [1.82, 2.24) is 15.3 Å². The minimum atomic E-state index is -1.17. The lowest BCUT2D eigenvalue weighted by atomic mass is 10.4. The van der Waals surface area contributed by atoms with Crippen LogP contribution in [-0.4, -0.2) is 33.5 Å². The van der Waals surface area contributed by atoms with E-state index in [-0.39, 0.29) is 0 Å². The number of hydrogen-bond acceptors (Lipinski definition) is 4. The van der Waals surface area contributed by atoms with E-state index in [2.05, 4.69) is 15.3 Å². The minimum Gasteiger partial charge on any atom is -0.479 e. The molecule has 0 aromatic carbocycles. The largest absolute Gasteiger partial charge is 0.479 e. The highest BCUT2D eigenvalue weighted by molar-refractivity contribution is 5.89. The molecule has 0 saturated heterocycles. The maximum atomic E-state index is 11.2. The van der Waals surface area contributed by atoms with Gasteiger partial charge in [-0.2, -0.15) is 5.10 Å². The number of anilines is 1. The Morgan fingerprint density at radius 3 is 2.81 bits per heavy atom.